The van der Waals surface area contributed by atoms with Crippen LogP contribution in [0.3, 0.4) is 0 Å². The van der Waals surface area contributed by atoms with Crippen molar-refractivity contribution in [2.75, 3.05) is 19.5 Å². The Bertz CT molecular complexity index is 533. The van der Waals surface area contributed by atoms with E-state index in [-0.39, 0.29) is 16.2 Å². The SMILES string of the molecule is COCCCS(=O)(=O)c1cc(C(=O)O)ccc1C. The fraction of sp³-hybridized carbons (Fsp3) is 0.417. The normalized spacial score (nSPS) is 11.4. The molecule has 0 heterocycles. The van der Waals surface area contributed by atoms with Gasteiger partial charge in [-0.3, -0.25) is 0 Å². The van der Waals surface area contributed by atoms with Crippen molar-refractivity contribution in [1.29, 1.82) is 0 Å². The van der Waals surface area contributed by atoms with E-state index in [1.165, 1.54) is 25.3 Å². The number of hydrogen-bond donors (Lipinski definition) is 1. The van der Waals surface area contributed by atoms with E-state index in [1.54, 1.807) is 6.92 Å². The number of carboxylic acid groups (broad SMARTS) is 1. The van der Waals surface area contributed by atoms with Gasteiger partial charge in [0.25, 0.3) is 0 Å². The Morgan fingerprint density at radius 1 is 1.39 bits per heavy atom. The summed E-state index contributed by atoms with van der Waals surface area (Å²) in [5, 5.41) is 8.87. The standard InChI is InChI=1S/C12H16O5S/c1-9-4-5-10(12(13)14)8-11(9)18(15,16)7-3-6-17-2/h4-5,8H,3,6-7H2,1-2H3,(H,13,14). The van der Waals surface area contributed by atoms with Crippen molar-refractivity contribution in [3.8, 4) is 0 Å². The molecule has 0 bridgehead atoms. The van der Waals surface area contributed by atoms with Crippen LogP contribution in [0.1, 0.15) is 22.3 Å². The van der Waals surface area contributed by atoms with Crippen molar-refractivity contribution in [2.45, 2.75) is 18.2 Å². The second-order valence-electron chi connectivity index (χ2n) is 3.95. The summed E-state index contributed by atoms with van der Waals surface area (Å²) in [6.07, 6.45) is 0.384. The highest BCUT2D eigenvalue weighted by molar-refractivity contribution is 7.91. The highest BCUT2D eigenvalue weighted by atomic mass is 32.2. The van der Waals surface area contributed by atoms with E-state index < -0.39 is 15.8 Å². The highest BCUT2D eigenvalue weighted by Gasteiger charge is 2.18. The van der Waals surface area contributed by atoms with Crippen LogP contribution in [0.5, 0.6) is 0 Å². The fourth-order valence-electron chi connectivity index (χ4n) is 1.57. The number of rotatable bonds is 6. The molecule has 0 aliphatic carbocycles. The van der Waals surface area contributed by atoms with Gasteiger partial charge in [-0.25, -0.2) is 13.2 Å². The van der Waals surface area contributed by atoms with Crippen molar-refractivity contribution >= 4 is 15.8 Å². The monoisotopic (exact) mass is 272 g/mol. The number of carbonyl (C=O) groups is 1. The van der Waals surface area contributed by atoms with E-state index in [1.807, 2.05) is 0 Å². The fourth-order valence-corrected chi connectivity index (χ4v) is 3.15. The number of benzene rings is 1. The molecule has 0 spiro atoms. The first-order valence-corrected chi connectivity index (χ1v) is 7.09. The topological polar surface area (TPSA) is 80.7 Å². The number of ether oxygens (including phenoxy) is 1. The van der Waals surface area contributed by atoms with Crippen LogP contribution in [0.4, 0.5) is 0 Å². The maximum absolute atomic E-state index is 12.1. The van der Waals surface area contributed by atoms with E-state index in [2.05, 4.69) is 0 Å². The van der Waals surface area contributed by atoms with Gasteiger partial charge in [0, 0.05) is 13.7 Å². The Morgan fingerprint density at radius 3 is 2.61 bits per heavy atom. The summed E-state index contributed by atoms with van der Waals surface area (Å²) in [7, 11) is -1.96. The third kappa shape index (κ3) is 3.54. The number of methoxy groups -OCH3 is 1. The van der Waals surface area contributed by atoms with Gasteiger partial charge in [-0.05, 0) is 31.0 Å². The summed E-state index contributed by atoms with van der Waals surface area (Å²) < 4.78 is 28.9. The van der Waals surface area contributed by atoms with Crippen molar-refractivity contribution < 1.29 is 23.1 Å². The number of carboxylic acids is 1. The van der Waals surface area contributed by atoms with E-state index >= 15 is 0 Å². The van der Waals surface area contributed by atoms with Gasteiger partial charge in [0.05, 0.1) is 16.2 Å². The number of aromatic carboxylic acids is 1. The minimum Gasteiger partial charge on any atom is -0.478 e. The van der Waals surface area contributed by atoms with Crippen LogP contribution in [-0.2, 0) is 14.6 Å². The zero-order chi connectivity index (χ0) is 13.8. The Hall–Kier alpha value is -1.40. The molecule has 0 aliphatic heterocycles. The number of hydrogen-bond acceptors (Lipinski definition) is 4. The number of aryl methyl sites for hydroxylation is 1. The molecule has 0 aliphatic rings. The molecule has 0 aromatic heterocycles. The summed E-state index contributed by atoms with van der Waals surface area (Å²) in [5.74, 6) is -1.19. The quantitative estimate of drug-likeness (QED) is 0.794. The molecule has 0 saturated carbocycles. The average molecular weight is 272 g/mol. The van der Waals surface area contributed by atoms with Gasteiger partial charge in [-0.2, -0.15) is 0 Å². The van der Waals surface area contributed by atoms with Gasteiger partial charge in [0.1, 0.15) is 0 Å². The predicted octanol–water partition coefficient (Wildman–Crippen LogP) is 1.50. The van der Waals surface area contributed by atoms with E-state index in [0.29, 0.717) is 18.6 Å². The third-order valence-corrected chi connectivity index (χ3v) is 4.47. The zero-order valence-corrected chi connectivity index (χ0v) is 11.2. The van der Waals surface area contributed by atoms with Crippen LogP contribution in [-0.4, -0.2) is 39.0 Å². The molecule has 0 unspecified atom stereocenters. The molecular weight excluding hydrogens is 256 g/mol. The maximum atomic E-state index is 12.1. The van der Waals surface area contributed by atoms with Gasteiger partial charge < -0.3 is 9.84 Å². The predicted molar refractivity (Wildman–Crippen MR) is 66.7 cm³/mol. The lowest BCUT2D eigenvalue weighted by molar-refractivity contribution is 0.0696. The van der Waals surface area contributed by atoms with Crippen molar-refractivity contribution in [2.24, 2.45) is 0 Å². The van der Waals surface area contributed by atoms with Crippen LogP contribution in [0.2, 0.25) is 0 Å². The lowest BCUT2D eigenvalue weighted by atomic mass is 10.1. The van der Waals surface area contributed by atoms with Crippen LogP contribution in [0.15, 0.2) is 23.1 Å². The molecule has 1 N–H and O–H groups in total. The number of sulfone groups is 1. The lowest BCUT2D eigenvalue weighted by Gasteiger charge is -2.08. The molecule has 1 aromatic carbocycles. The van der Waals surface area contributed by atoms with Crippen LogP contribution in [0, 0.1) is 6.92 Å². The molecule has 18 heavy (non-hydrogen) atoms. The largest absolute Gasteiger partial charge is 0.478 e. The third-order valence-electron chi connectivity index (χ3n) is 2.53. The van der Waals surface area contributed by atoms with Crippen molar-refractivity contribution in [1.82, 2.24) is 0 Å². The molecule has 1 aromatic rings. The minimum atomic E-state index is -3.46. The maximum Gasteiger partial charge on any atom is 0.335 e. The summed E-state index contributed by atoms with van der Waals surface area (Å²) in [6, 6.07) is 4.11. The summed E-state index contributed by atoms with van der Waals surface area (Å²) in [4.78, 5) is 10.9. The minimum absolute atomic E-state index is 0.0223. The van der Waals surface area contributed by atoms with E-state index in [0.717, 1.165) is 0 Å². The summed E-state index contributed by atoms with van der Waals surface area (Å²) in [6.45, 7) is 2.01. The molecule has 0 saturated heterocycles. The Balaban J connectivity index is 3.07. The van der Waals surface area contributed by atoms with Gasteiger partial charge in [-0.15, -0.1) is 0 Å². The van der Waals surface area contributed by atoms with Crippen LogP contribution >= 0.6 is 0 Å². The summed E-state index contributed by atoms with van der Waals surface area (Å²) >= 11 is 0. The molecular formula is C12H16O5S. The Morgan fingerprint density at radius 2 is 2.06 bits per heavy atom. The Labute approximate surface area is 106 Å². The second kappa shape index (κ2) is 5.97. The van der Waals surface area contributed by atoms with Crippen molar-refractivity contribution in [3.05, 3.63) is 29.3 Å². The first-order chi connectivity index (χ1) is 8.38. The lowest BCUT2D eigenvalue weighted by Crippen LogP contribution is -2.11. The van der Waals surface area contributed by atoms with E-state index in [9.17, 15) is 13.2 Å². The molecule has 0 amide bonds. The van der Waals surface area contributed by atoms with Gasteiger partial charge in [0.15, 0.2) is 9.84 Å². The van der Waals surface area contributed by atoms with Crippen molar-refractivity contribution in [3.63, 3.8) is 0 Å². The van der Waals surface area contributed by atoms with Crippen LogP contribution < -0.4 is 0 Å². The van der Waals surface area contributed by atoms with Gasteiger partial charge in [-0.1, -0.05) is 6.07 Å². The average Bonchev–Trinajstić information content (AvgIpc) is 2.29. The molecule has 0 radical (unpaired) electrons. The second-order valence-corrected chi connectivity index (χ2v) is 6.03. The van der Waals surface area contributed by atoms with Crippen LogP contribution in [0.25, 0.3) is 0 Å². The highest BCUT2D eigenvalue weighted by Crippen LogP contribution is 2.19. The van der Waals surface area contributed by atoms with Gasteiger partial charge >= 0.3 is 5.97 Å². The Kier molecular flexibility index (Phi) is 4.86. The molecule has 100 valence electrons. The first-order valence-electron chi connectivity index (χ1n) is 5.44. The molecule has 5 nitrogen and oxygen atoms in total. The molecule has 0 atom stereocenters. The molecule has 1 rings (SSSR count). The van der Waals surface area contributed by atoms with Gasteiger partial charge in [0.2, 0.25) is 0 Å². The van der Waals surface area contributed by atoms with E-state index in [4.69, 9.17) is 9.84 Å². The summed E-state index contributed by atoms with van der Waals surface area (Å²) in [5.41, 5.74) is 0.531. The zero-order valence-electron chi connectivity index (χ0n) is 10.3. The first kappa shape index (κ1) is 14.7. The smallest absolute Gasteiger partial charge is 0.335 e. The molecule has 0 fully saturated rings. The molecule has 6 heteroatoms.